The zero-order valence-electron chi connectivity index (χ0n) is 18.5. The second kappa shape index (κ2) is 7.47. The Morgan fingerprint density at radius 2 is 1.87 bits per heavy atom. The Labute approximate surface area is 182 Å². The maximum Gasteiger partial charge on any atom is 0.277 e. The number of amides is 1. The van der Waals surface area contributed by atoms with Crippen LogP contribution in [0.2, 0.25) is 0 Å². The van der Waals surface area contributed by atoms with Gasteiger partial charge in [0.25, 0.3) is 5.56 Å². The molecule has 4 aliphatic rings. The van der Waals surface area contributed by atoms with E-state index >= 15 is 0 Å². The molecule has 0 bridgehead atoms. The van der Waals surface area contributed by atoms with Crippen molar-refractivity contribution in [3.63, 3.8) is 0 Å². The standard InChI is InChI=1S/C24H33N5O2/c1-15-12-18(15)23(30)27-9-6-16(7-10-27)21-13-22-25-20-8-11-28(17-4-2-3-5-17)14-19(20)24(31)29(22)26-21/h13,15-18,26H,2-12,14H2,1H3. The van der Waals surface area contributed by atoms with Crippen molar-refractivity contribution < 1.29 is 4.79 Å². The van der Waals surface area contributed by atoms with Gasteiger partial charge in [-0.3, -0.25) is 19.6 Å². The minimum atomic E-state index is 0.0734. The third kappa shape index (κ3) is 3.41. The molecule has 166 valence electrons. The average molecular weight is 424 g/mol. The highest BCUT2D eigenvalue weighted by molar-refractivity contribution is 5.81. The van der Waals surface area contributed by atoms with E-state index in [9.17, 15) is 9.59 Å². The van der Waals surface area contributed by atoms with Crippen LogP contribution in [0.25, 0.3) is 5.65 Å². The van der Waals surface area contributed by atoms with Gasteiger partial charge in [-0.15, -0.1) is 0 Å². The summed E-state index contributed by atoms with van der Waals surface area (Å²) < 4.78 is 1.66. The number of nitrogens with zero attached hydrogens (tertiary/aromatic N) is 4. The maximum absolute atomic E-state index is 13.3. The first-order valence-electron chi connectivity index (χ1n) is 12.2. The molecule has 31 heavy (non-hydrogen) atoms. The molecule has 1 amide bonds. The minimum absolute atomic E-state index is 0.0734. The number of aromatic nitrogens is 3. The first-order chi connectivity index (χ1) is 15.1. The van der Waals surface area contributed by atoms with E-state index in [2.05, 4.69) is 23.0 Å². The topological polar surface area (TPSA) is 73.7 Å². The number of likely N-dealkylation sites (tertiary alicyclic amines) is 1. The molecule has 4 heterocycles. The zero-order chi connectivity index (χ0) is 21.1. The molecule has 2 aromatic heterocycles. The van der Waals surface area contributed by atoms with E-state index in [4.69, 9.17) is 4.98 Å². The van der Waals surface area contributed by atoms with E-state index in [1.807, 2.05) is 4.90 Å². The Balaban J connectivity index is 1.20. The molecule has 6 rings (SSSR count). The lowest BCUT2D eigenvalue weighted by atomic mass is 9.93. The summed E-state index contributed by atoms with van der Waals surface area (Å²) in [4.78, 5) is 35.3. The van der Waals surface area contributed by atoms with Gasteiger partial charge in [-0.1, -0.05) is 19.8 Å². The van der Waals surface area contributed by atoms with Crippen LogP contribution in [-0.4, -0.2) is 56.0 Å². The monoisotopic (exact) mass is 423 g/mol. The molecular weight excluding hydrogens is 390 g/mol. The Kier molecular flexibility index (Phi) is 4.70. The van der Waals surface area contributed by atoms with Gasteiger partial charge in [0, 0.05) is 62.2 Å². The quantitative estimate of drug-likeness (QED) is 0.824. The number of carbonyl (C=O) groups is 1. The van der Waals surface area contributed by atoms with Crippen molar-refractivity contribution in [1.82, 2.24) is 24.4 Å². The van der Waals surface area contributed by atoms with Gasteiger partial charge in [-0.05, 0) is 38.0 Å². The van der Waals surface area contributed by atoms with Crippen LogP contribution in [0, 0.1) is 11.8 Å². The van der Waals surface area contributed by atoms with Crippen LogP contribution in [0.3, 0.4) is 0 Å². The van der Waals surface area contributed by atoms with Gasteiger partial charge in [-0.2, -0.15) is 0 Å². The first kappa shape index (κ1) is 19.5. The molecule has 7 nitrogen and oxygen atoms in total. The van der Waals surface area contributed by atoms with Crippen molar-refractivity contribution in [3.8, 4) is 0 Å². The first-order valence-corrected chi connectivity index (χ1v) is 12.2. The summed E-state index contributed by atoms with van der Waals surface area (Å²) in [6.07, 6.45) is 8.98. The third-order valence-corrected chi connectivity index (χ3v) is 8.32. The number of fused-ring (bicyclic) bond motifs is 2. The Bertz CT molecular complexity index is 1060. The van der Waals surface area contributed by atoms with E-state index in [-0.39, 0.29) is 11.5 Å². The van der Waals surface area contributed by atoms with Crippen molar-refractivity contribution >= 4 is 11.6 Å². The molecule has 0 spiro atoms. The number of hydrogen-bond donors (Lipinski definition) is 1. The van der Waals surface area contributed by atoms with Gasteiger partial charge in [0.05, 0.1) is 11.3 Å². The Morgan fingerprint density at radius 1 is 1.13 bits per heavy atom. The lowest BCUT2D eigenvalue weighted by molar-refractivity contribution is -0.133. The molecule has 2 aromatic rings. The average Bonchev–Trinajstić information content (AvgIpc) is 3.18. The predicted molar refractivity (Wildman–Crippen MR) is 118 cm³/mol. The number of rotatable bonds is 3. The molecule has 2 unspecified atom stereocenters. The van der Waals surface area contributed by atoms with Crippen LogP contribution in [0.5, 0.6) is 0 Å². The molecule has 0 radical (unpaired) electrons. The van der Waals surface area contributed by atoms with E-state index < -0.39 is 0 Å². The smallest absolute Gasteiger partial charge is 0.277 e. The Hall–Kier alpha value is -2.15. The van der Waals surface area contributed by atoms with Crippen molar-refractivity contribution in [2.24, 2.45) is 11.8 Å². The molecule has 2 aliphatic carbocycles. The number of piperidine rings is 1. The number of hydrogen-bond acceptors (Lipinski definition) is 4. The summed E-state index contributed by atoms with van der Waals surface area (Å²) in [5.74, 6) is 1.53. The van der Waals surface area contributed by atoms with Gasteiger partial charge in [-0.25, -0.2) is 9.50 Å². The highest BCUT2D eigenvalue weighted by Crippen LogP contribution is 2.40. The van der Waals surface area contributed by atoms with Gasteiger partial charge in [0.2, 0.25) is 5.91 Å². The summed E-state index contributed by atoms with van der Waals surface area (Å²) in [6.45, 7) is 5.55. The third-order valence-electron chi connectivity index (χ3n) is 8.32. The lowest BCUT2D eigenvalue weighted by Crippen LogP contribution is -2.41. The minimum Gasteiger partial charge on any atom is -0.342 e. The highest BCUT2D eigenvalue weighted by Gasteiger charge is 2.42. The van der Waals surface area contributed by atoms with Crippen LogP contribution >= 0.6 is 0 Å². The fraction of sp³-hybridized carbons (Fsp3) is 0.708. The van der Waals surface area contributed by atoms with Crippen molar-refractivity contribution in [3.05, 3.63) is 33.4 Å². The SMILES string of the molecule is CC1CC1C(=O)N1CCC(c2cc3nc4c(c(=O)n3[nH]2)CN(C2CCCC2)CC4)CC1. The van der Waals surface area contributed by atoms with E-state index in [0.29, 0.717) is 23.8 Å². The maximum atomic E-state index is 13.3. The molecule has 1 N–H and O–H groups in total. The zero-order valence-corrected chi connectivity index (χ0v) is 18.5. The van der Waals surface area contributed by atoms with E-state index in [1.165, 1.54) is 25.7 Å². The molecule has 1 saturated heterocycles. The molecule has 2 aliphatic heterocycles. The fourth-order valence-electron chi connectivity index (χ4n) is 6.12. The molecule has 2 saturated carbocycles. The predicted octanol–water partition coefficient (Wildman–Crippen LogP) is 2.69. The largest absolute Gasteiger partial charge is 0.342 e. The highest BCUT2D eigenvalue weighted by atomic mass is 16.2. The molecule has 7 heteroatoms. The van der Waals surface area contributed by atoms with E-state index in [0.717, 1.165) is 74.5 Å². The summed E-state index contributed by atoms with van der Waals surface area (Å²) in [5, 5.41) is 3.37. The van der Waals surface area contributed by atoms with Crippen LogP contribution in [0.4, 0.5) is 0 Å². The molecule has 2 atom stereocenters. The Morgan fingerprint density at radius 3 is 2.58 bits per heavy atom. The van der Waals surface area contributed by atoms with Crippen LogP contribution in [-0.2, 0) is 17.8 Å². The van der Waals surface area contributed by atoms with Crippen molar-refractivity contribution in [2.75, 3.05) is 19.6 Å². The molecule has 3 fully saturated rings. The summed E-state index contributed by atoms with van der Waals surface area (Å²) in [5.41, 5.74) is 3.78. The van der Waals surface area contributed by atoms with Gasteiger partial charge < -0.3 is 4.90 Å². The second-order valence-electron chi connectivity index (χ2n) is 10.3. The number of nitrogens with one attached hydrogen (secondary N) is 1. The second-order valence-corrected chi connectivity index (χ2v) is 10.3. The molecule has 0 aromatic carbocycles. The number of carbonyl (C=O) groups excluding carboxylic acids is 1. The fourth-order valence-corrected chi connectivity index (χ4v) is 6.12. The summed E-state index contributed by atoms with van der Waals surface area (Å²) in [7, 11) is 0. The van der Waals surface area contributed by atoms with Crippen molar-refractivity contribution in [2.45, 2.75) is 76.8 Å². The van der Waals surface area contributed by atoms with Crippen molar-refractivity contribution in [1.29, 1.82) is 0 Å². The summed E-state index contributed by atoms with van der Waals surface area (Å²) >= 11 is 0. The van der Waals surface area contributed by atoms with Crippen LogP contribution in [0.1, 0.15) is 74.7 Å². The van der Waals surface area contributed by atoms with Crippen LogP contribution < -0.4 is 5.56 Å². The van der Waals surface area contributed by atoms with Gasteiger partial charge in [0.15, 0.2) is 5.65 Å². The number of aromatic amines is 1. The van der Waals surface area contributed by atoms with Gasteiger partial charge in [0.1, 0.15) is 0 Å². The lowest BCUT2D eigenvalue weighted by Gasteiger charge is -2.32. The van der Waals surface area contributed by atoms with E-state index in [1.54, 1.807) is 4.52 Å². The normalized spacial score (nSPS) is 27.7. The molecular formula is C24H33N5O2. The van der Waals surface area contributed by atoms with Gasteiger partial charge >= 0.3 is 0 Å². The number of H-pyrrole nitrogens is 1. The summed E-state index contributed by atoms with van der Waals surface area (Å²) in [6, 6.07) is 2.70. The van der Waals surface area contributed by atoms with Crippen LogP contribution in [0.15, 0.2) is 10.9 Å².